The number of carbonyl (C=O) groups is 1. The van der Waals surface area contributed by atoms with Crippen LogP contribution >= 0.6 is 0 Å². The maximum atomic E-state index is 10.7. The van der Waals surface area contributed by atoms with Gasteiger partial charge in [0, 0.05) is 23.9 Å². The Balaban J connectivity index is 1.89. The summed E-state index contributed by atoms with van der Waals surface area (Å²) >= 11 is 0. The highest BCUT2D eigenvalue weighted by Crippen LogP contribution is 2.31. The molecule has 1 aliphatic carbocycles. The van der Waals surface area contributed by atoms with Crippen LogP contribution in [-0.2, 0) is 11.2 Å². The second kappa shape index (κ2) is 4.99. The first-order valence-electron chi connectivity index (χ1n) is 6.78. The Hall–Kier alpha value is -1.91. The molecule has 0 aliphatic heterocycles. The zero-order chi connectivity index (χ0) is 13.2. The minimum atomic E-state index is -0.858. The Kier molecular flexibility index (Phi) is 3.19. The van der Waals surface area contributed by atoms with E-state index in [2.05, 4.69) is 9.97 Å². The molecule has 0 atom stereocenters. The van der Waals surface area contributed by atoms with Gasteiger partial charge in [-0.3, -0.25) is 9.20 Å². The van der Waals surface area contributed by atoms with E-state index in [0.717, 1.165) is 11.3 Å². The summed E-state index contributed by atoms with van der Waals surface area (Å²) in [5, 5.41) is 8.79. The van der Waals surface area contributed by atoms with Gasteiger partial charge < -0.3 is 5.11 Å². The number of aromatic nitrogens is 3. The molecule has 0 saturated heterocycles. The predicted octanol–water partition coefficient (Wildman–Crippen LogP) is 2.40. The fourth-order valence-electron chi connectivity index (χ4n) is 2.82. The van der Waals surface area contributed by atoms with Crippen molar-refractivity contribution in [3.05, 3.63) is 30.0 Å². The van der Waals surface area contributed by atoms with Crippen LogP contribution < -0.4 is 0 Å². The first-order chi connectivity index (χ1) is 9.22. The third-order valence-corrected chi connectivity index (χ3v) is 3.77. The fraction of sp³-hybridized carbons (Fsp3) is 0.500. The zero-order valence-electron chi connectivity index (χ0n) is 10.7. The largest absolute Gasteiger partial charge is 0.481 e. The highest BCUT2D eigenvalue weighted by atomic mass is 16.4. The zero-order valence-corrected chi connectivity index (χ0v) is 10.7. The fourth-order valence-corrected chi connectivity index (χ4v) is 2.82. The Morgan fingerprint density at radius 3 is 2.89 bits per heavy atom. The molecule has 0 radical (unpaired) electrons. The van der Waals surface area contributed by atoms with Gasteiger partial charge in [0.15, 0.2) is 0 Å². The van der Waals surface area contributed by atoms with Gasteiger partial charge in [0.05, 0.1) is 12.1 Å². The van der Waals surface area contributed by atoms with E-state index in [1.165, 1.54) is 32.1 Å². The Morgan fingerprint density at radius 2 is 2.16 bits per heavy atom. The molecule has 2 aromatic rings. The third kappa shape index (κ3) is 2.59. The first-order valence-corrected chi connectivity index (χ1v) is 6.78. The van der Waals surface area contributed by atoms with Crippen LogP contribution in [0.4, 0.5) is 0 Å². The Morgan fingerprint density at radius 1 is 1.37 bits per heavy atom. The number of rotatable bonds is 3. The summed E-state index contributed by atoms with van der Waals surface area (Å²) in [6, 6.07) is 2.00. The lowest BCUT2D eigenvalue weighted by atomic mass is 9.87. The van der Waals surface area contributed by atoms with E-state index in [1.54, 1.807) is 16.9 Å². The second-order valence-electron chi connectivity index (χ2n) is 5.22. The van der Waals surface area contributed by atoms with E-state index in [0.29, 0.717) is 11.6 Å². The molecule has 2 heterocycles. The molecular weight excluding hydrogens is 242 g/mol. The molecule has 1 aliphatic rings. The molecule has 0 unspecified atom stereocenters. The van der Waals surface area contributed by atoms with Crippen LogP contribution in [0.15, 0.2) is 18.6 Å². The maximum Gasteiger partial charge on any atom is 0.309 e. The van der Waals surface area contributed by atoms with Crippen LogP contribution in [0.5, 0.6) is 0 Å². The number of nitrogens with zero attached hydrogens (tertiary/aromatic N) is 3. The van der Waals surface area contributed by atoms with Crippen LogP contribution in [0.1, 0.15) is 49.4 Å². The monoisotopic (exact) mass is 259 g/mol. The number of hydrogen-bond donors (Lipinski definition) is 1. The number of imidazole rings is 1. The molecule has 3 rings (SSSR count). The van der Waals surface area contributed by atoms with Crippen molar-refractivity contribution in [1.29, 1.82) is 0 Å². The SMILES string of the molecule is O=C(O)Cc1cn2cnc(C3CCCCC3)cc2n1. The second-order valence-corrected chi connectivity index (χ2v) is 5.22. The molecular formula is C14H17N3O2. The molecule has 1 fully saturated rings. The summed E-state index contributed by atoms with van der Waals surface area (Å²) in [7, 11) is 0. The van der Waals surface area contributed by atoms with E-state index >= 15 is 0 Å². The van der Waals surface area contributed by atoms with E-state index in [9.17, 15) is 4.79 Å². The number of aliphatic carboxylic acids is 1. The molecule has 0 spiro atoms. The van der Waals surface area contributed by atoms with Crippen LogP contribution in [-0.4, -0.2) is 25.4 Å². The van der Waals surface area contributed by atoms with E-state index < -0.39 is 5.97 Å². The predicted molar refractivity (Wildman–Crippen MR) is 70.2 cm³/mol. The lowest BCUT2D eigenvalue weighted by Crippen LogP contribution is -2.07. The summed E-state index contributed by atoms with van der Waals surface area (Å²) in [5.41, 5.74) is 2.47. The average Bonchev–Trinajstić information content (AvgIpc) is 2.79. The summed E-state index contributed by atoms with van der Waals surface area (Å²) < 4.78 is 1.80. The van der Waals surface area contributed by atoms with Crippen LogP contribution in [0.25, 0.3) is 5.65 Å². The van der Waals surface area contributed by atoms with Crippen LogP contribution in [0.2, 0.25) is 0 Å². The van der Waals surface area contributed by atoms with Gasteiger partial charge in [-0.2, -0.15) is 0 Å². The maximum absolute atomic E-state index is 10.7. The first kappa shape index (κ1) is 12.1. The molecule has 1 saturated carbocycles. The summed E-state index contributed by atoms with van der Waals surface area (Å²) in [5.74, 6) is -0.317. The molecule has 1 N–H and O–H groups in total. The number of fused-ring (bicyclic) bond motifs is 1. The standard InChI is InChI=1S/C14H17N3O2/c18-14(19)6-11-8-17-9-15-12(7-13(17)16-11)10-4-2-1-3-5-10/h7-10H,1-6H2,(H,18,19). The van der Waals surface area contributed by atoms with Crippen molar-refractivity contribution in [1.82, 2.24) is 14.4 Å². The average molecular weight is 259 g/mol. The topological polar surface area (TPSA) is 67.5 Å². The molecule has 0 bridgehead atoms. The minimum absolute atomic E-state index is 0.0412. The highest BCUT2D eigenvalue weighted by molar-refractivity contribution is 5.69. The van der Waals surface area contributed by atoms with Crippen molar-refractivity contribution in [3.8, 4) is 0 Å². The molecule has 0 amide bonds. The molecule has 2 aromatic heterocycles. The van der Waals surface area contributed by atoms with Gasteiger partial charge in [-0.15, -0.1) is 0 Å². The molecule has 5 heteroatoms. The van der Waals surface area contributed by atoms with Crippen molar-refractivity contribution in [2.75, 3.05) is 0 Å². The van der Waals surface area contributed by atoms with Crippen LogP contribution in [0, 0.1) is 0 Å². The van der Waals surface area contributed by atoms with E-state index in [-0.39, 0.29) is 6.42 Å². The van der Waals surface area contributed by atoms with Crippen molar-refractivity contribution in [2.45, 2.75) is 44.4 Å². The van der Waals surface area contributed by atoms with E-state index in [4.69, 9.17) is 5.11 Å². The van der Waals surface area contributed by atoms with Crippen molar-refractivity contribution in [2.24, 2.45) is 0 Å². The van der Waals surface area contributed by atoms with Gasteiger partial charge in [-0.05, 0) is 12.8 Å². The van der Waals surface area contributed by atoms with Gasteiger partial charge in [-0.25, -0.2) is 9.97 Å². The van der Waals surface area contributed by atoms with E-state index in [1.807, 2.05) is 6.07 Å². The smallest absolute Gasteiger partial charge is 0.309 e. The lowest BCUT2D eigenvalue weighted by molar-refractivity contribution is -0.136. The quantitative estimate of drug-likeness (QED) is 0.919. The van der Waals surface area contributed by atoms with Crippen molar-refractivity contribution < 1.29 is 9.90 Å². The van der Waals surface area contributed by atoms with Gasteiger partial charge >= 0.3 is 5.97 Å². The third-order valence-electron chi connectivity index (χ3n) is 3.77. The molecule has 5 nitrogen and oxygen atoms in total. The summed E-state index contributed by atoms with van der Waals surface area (Å²) in [6.45, 7) is 0. The molecule has 19 heavy (non-hydrogen) atoms. The van der Waals surface area contributed by atoms with Crippen LogP contribution in [0.3, 0.4) is 0 Å². The Labute approximate surface area is 111 Å². The Bertz CT molecular complexity index is 600. The number of carboxylic acid groups (broad SMARTS) is 1. The van der Waals surface area contributed by atoms with Gasteiger partial charge in [0.2, 0.25) is 0 Å². The van der Waals surface area contributed by atoms with Crippen molar-refractivity contribution >= 4 is 11.6 Å². The van der Waals surface area contributed by atoms with Gasteiger partial charge in [-0.1, -0.05) is 19.3 Å². The number of hydrogen-bond acceptors (Lipinski definition) is 3. The highest BCUT2D eigenvalue weighted by Gasteiger charge is 2.17. The molecule has 0 aromatic carbocycles. The van der Waals surface area contributed by atoms with Crippen molar-refractivity contribution in [3.63, 3.8) is 0 Å². The normalized spacial score (nSPS) is 16.8. The van der Waals surface area contributed by atoms with Gasteiger partial charge in [0.1, 0.15) is 12.0 Å². The lowest BCUT2D eigenvalue weighted by Gasteiger charge is -2.20. The number of carboxylic acids is 1. The molecule has 100 valence electrons. The summed E-state index contributed by atoms with van der Waals surface area (Å²) in [6.07, 6.45) is 9.72. The minimum Gasteiger partial charge on any atom is -0.481 e. The summed E-state index contributed by atoms with van der Waals surface area (Å²) in [4.78, 5) is 19.5. The van der Waals surface area contributed by atoms with Gasteiger partial charge in [0.25, 0.3) is 0 Å².